The van der Waals surface area contributed by atoms with E-state index in [4.69, 9.17) is 4.74 Å². The van der Waals surface area contributed by atoms with Crippen LogP contribution in [-0.2, 0) is 14.6 Å². The standard InChI is InChI=1S/C16H23NO4S/c1-11(2)22(19,20)15-9-5-4-7-13(15)16(18)17-12(3)14-8-6-10-21-14/h4-5,7,9,11-12,14H,6,8,10H2,1-3H3,(H,17,18)/t12-,14+/m1/s1. The third-order valence-corrected chi connectivity index (χ3v) is 6.15. The molecule has 22 heavy (non-hydrogen) atoms. The first-order chi connectivity index (χ1) is 10.3. The van der Waals surface area contributed by atoms with Gasteiger partial charge in [-0.05, 0) is 45.7 Å². The summed E-state index contributed by atoms with van der Waals surface area (Å²) in [5.74, 6) is -0.372. The first kappa shape index (κ1) is 17.0. The van der Waals surface area contributed by atoms with Crippen molar-refractivity contribution in [1.82, 2.24) is 5.32 Å². The van der Waals surface area contributed by atoms with Crippen molar-refractivity contribution < 1.29 is 17.9 Å². The Morgan fingerprint density at radius 3 is 2.55 bits per heavy atom. The van der Waals surface area contributed by atoms with E-state index in [1.807, 2.05) is 6.92 Å². The third kappa shape index (κ3) is 3.50. The Bertz CT molecular complexity index is 633. The van der Waals surface area contributed by atoms with Crippen molar-refractivity contribution in [3.8, 4) is 0 Å². The van der Waals surface area contributed by atoms with Crippen LogP contribution >= 0.6 is 0 Å². The molecule has 1 saturated heterocycles. The van der Waals surface area contributed by atoms with Crippen LogP contribution in [0.5, 0.6) is 0 Å². The Morgan fingerprint density at radius 1 is 1.27 bits per heavy atom. The van der Waals surface area contributed by atoms with Gasteiger partial charge in [-0.25, -0.2) is 8.42 Å². The predicted molar refractivity (Wildman–Crippen MR) is 84.7 cm³/mol. The number of amides is 1. The summed E-state index contributed by atoms with van der Waals surface area (Å²) in [5, 5.41) is 2.29. The predicted octanol–water partition coefficient (Wildman–Crippen LogP) is 2.17. The molecule has 1 fully saturated rings. The van der Waals surface area contributed by atoms with Crippen LogP contribution in [0.1, 0.15) is 44.0 Å². The van der Waals surface area contributed by atoms with Crippen LogP contribution in [0.15, 0.2) is 29.2 Å². The molecule has 0 aliphatic carbocycles. The van der Waals surface area contributed by atoms with Crippen LogP contribution in [0.3, 0.4) is 0 Å². The number of carbonyl (C=O) groups is 1. The number of ether oxygens (including phenoxy) is 1. The van der Waals surface area contributed by atoms with Crippen LogP contribution in [0.4, 0.5) is 0 Å². The van der Waals surface area contributed by atoms with Gasteiger partial charge in [0.2, 0.25) is 0 Å². The molecule has 1 aromatic rings. The number of sulfone groups is 1. The van der Waals surface area contributed by atoms with Gasteiger partial charge in [0.25, 0.3) is 5.91 Å². The molecule has 1 aromatic carbocycles. The van der Waals surface area contributed by atoms with Gasteiger partial charge in [0.1, 0.15) is 0 Å². The summed E-state index contributed by atoms with van der Waals surface area (Å²) in [5.41, 5.74) is 0.195. The molecule has 6 heteroatoms. The lowest BCUT2D eigenvalue weighted by atomic mass is 10.1. The number of rotatable bonds is 5. The summed E-state index contributed by atoms with van der Waals surface area (Å²) < 4.78 is 30.3. The number of carbonyl (C=O) groups excluding carboxylic acids is 1. The van der Waals surface area contributed by atoms with Gasteiger partial charge in [-0.3, -0.25) is 4.79 Å². The zero-order valence-electron chi connectivity index (χ0n) is 13.2. The SMILES string of the molecule is CC(C)S(=O)(=O)c1ccccc1C(=O)N[C@H](C)[C@@H]1CCCO1. The van der Waals surface area contributed by atoms with Crippen molar-refractivity contribution in [1.29, 1.82) is 0 Å². The Morgan fingerprint density at radius 2 is 1.95 bits per heavy atom. The fourth-order valence-corrected chi connectivity index (χ4v) is 3.77. The highest BCUT2D eigenvalue weighted by Crippen LogP contribution is 2.21. The second-order valence-corrected chi connectivity index (χ2v) is 8.38. The van der Waals surface area contributed by atoms with E-state index < -0.39 is 15.1 Å². The third-order valence-electron chi connectivity index (χ3n) is 3.94. The topological polar surface area (TPSA) is 72.5 Å². The van der Waals surface area contributed by atoms with Crippen LogP contribution in [0.2, 0.25) is 0 Å². The number of hydrogen-bond acceptors (Lipinski definition) is 4. The fraction of sp³-hybridized carbons (Fsp3) is 0.562. The Balaban J connectivity index is 2.23. The largest absolute Gasteiger partial charge is 0.376 e. The molecule has 5 nitrogen and oxygen atoms in total. The number of benzene rings is 1. The molecule has 0 saturated carbocycles. The average Bonchev–Trinajstić information content (AvgIpc) is 3.01. The monoisotopic (exact) mass is 325 g/mol. The molecule has 1 aliphatic heterocycles. The van der Waals surface area contributed by atoms with Crippen molar-refractivity contribution in [3.63, 3.8) is 0 Å². The molecule has 0 spiro atoms. The molecule has 0 radical (unpaired) electrons. The molecule has 122 valence electrons. The van der Waals surface area contributed by atoms with E-state index in [9.17, 15) is 13.2 Å². The van der Waals surface area contributed by atoms with Crippen LogP contribution < -0.4 is 5.32 Å². The van der Waals surface area contributed by atoms with Crippen molar-refractivity contribution in [3.05, 3.63) is 29.8 Å². The minimum Gasteiger partial charge on any atom is -0.376 e. The lowest BCUT2D eigenvalue weighted by Gasteiger charge is -2.21. The molecule has 0 aromatic heterocycles. The van der Waals surface area contributed by atoms with E-state index in [2.05, 4.69) is 5.32 Å². The molecule has 1 N–H and O–H groups in total. The van der Waals surface area contributed by atoms with Gasteiger partial charge in [0, 0.05) is 6.61 Å². The van der Waals surface area contributed by atoms with Crippen molar-refractivity contribution in [2.45, 2.75) is 55.9 Å². The van der Waals surface area contributed by atoms with Gasteiger partial charge in [0.15, 0.2) is 9.84 Å². The maximum Gasteiger partial charge on any atom is 0.252 e. The second kappa shape index (κ2) is 6.79. The van der Waals surface area contributed by atoms with Gasteiger partial charge in [-0.2, -0.15) is 0 Å². The lowest BCUT2D eigenvalue weighted by molar-refractivity contribution is 0.0710. The van der Waals surface area contributed by atoms with Crippen molar-refractivity contribution >= 4 is 15.7 Å². The van der Waals surface area contributed by atoms with Crippen LogP contribution in [0.25, 0.3) is 0 Å². The molecular formula is C16H23NO4S. The van der Waals surface area contributed by atoms with Crippen LogP contribution in [-0.4, -0.2) is 38.3 Å². The highest BCUT2D eigenvalue weighted by molar-refractivity contribution is 7.92. The van der Waals surface area contributed by atoms with Crippen molar-refractivity contribution in [2.75, 3.05) is 6.61 Å². The molecule has 0 bridgehead atoms. The quantitative estimate of drug-likeness (QED) is 0.900. The summed E-state index contributed by atoms with van der Waals surface area (Å²) in [6.07, 6.45) is 1.90. The number of hydrogen-bond donors (Lipinski definition) is 1. The van der Waals surface area contributed by atoms with Gasteiger partial charge >= 0.3 is 0 Å². The zero-order valence-corrected chi connectivity index (χ0v) is 14.0. The average molecular weight is 325 g/mol. The molecule has 2 atom stereocenters. The van der Waals surface area contributed by atoms with E-state index in [0.29, 0.717) is 6.61 Å². The molecule has 2 rings (SSSR count). The molecular weight excluding hydrogens is 302 g/mol. The van der Waals surface area contributed by atoms with Gasteiger partial charge in [-0.15, -0.1) is 0 Å². The van der Waals surface area contributed by atoms with E-state index in [1.165, 1.54) is 6.07 Å². The minimum atomic E-state index is -3.50. The second-order valence-electron chi connectivity index (χ2n) is 5.90. The maximum absolute atomic E-state index is 12.5. The molecule has 1 aliphatic rings. The van der Waals surface area contributed by atoms with Crippen molar-refractivity contribution in [2.24, 2.45) is 0 Å². The highest BCUT2D eigenvalue weighted by atomic mass is 32.2. The van der Waals surface area contributed by atoms with E-state index in [1.54, 1.807) is 32.0 Å². The van der Waals surface area contributed by atoms with E-state index >= 15 is 0 Å². The fourth-order valence-electron chi connectivity index (χ4n) is 2.53. The van der Waals surface area contributed by atoms with Crippen LogP contribution in [0, 0.1) is 0 Å². The summed E-state index contributed by atoms with van der Waals surface area (Å²) >= 11 is 0. The summed E-state index contributed by atoms with van der Waals surface area (Å²) in [4.78, 5) is 12.6. The first-order valence-corrected chi connectivity index (χ1v) is 9.14. The Hall–Kier alpha value is -1.40. The highest BCUT2D eigenvalue weighted by Gasteiger charge is 2.28. The van der Waals surface area contributed by atoms with Gasteiger partial charge in [0.05, 0.1) is 27.9 Å². The Labute approximate surface area is 132 Å². The van der Waals surface area contributed by atoms with Gasteiger partial charge < -0.3 is 10.1 Å². The number of nitrogens with one attached hydrogen (secondary N) is 1. The first-order valence-electron chi connectivity index (χ1n) is 7.59. The summed E-state index contributed by atoms with van der Waals surface area (Å²) in [6.45, 7) is 5.81. The summed E-state index contributed by atoms with van der Waals surface area (Å²) in [6, 6.07) is 6.19. The van der Waals surface area contributed by atoms with E-state index in [-0.39, 0.29) is 28.5 Å². The Kier molecular flexibility index (Phi) is 5.24. The molecule has 1 amide bonds. The zero-order chi connectivity index (χ0) is 16.3. The lowest BCUT2D eigenvalue weighted by Crippen LogP contribution is -2.41. The van der Waals surface area contributed by atoms with E-state index in [0.717, 1.165) is 12.8 Å². The van der Waals surface area contributed by atoms with Gasteiger partial charge in [-0.1, -0.05) is 12.1 Å². The normalized spacial score (nSPS) is 20.1. The minimum absolute atomic E-state index is 0.00202. The maximum atomic E-state index is 12.5. The molecule has 0 unspecified atom stereocenters. The smallest absolute Gasteiger partial charge is 0.252 e. The summed E-state index contributed by atoms with van der Waals surface area (Å²) in [7, 11) is -3.50. The molecule has 1 heterocycles.